The summed E-state index contributed by atoms with van der Waals surface area (Å²) in [5, 5.41) is 2.43. The molecule has 0 saturated carbocycles. The average molecular weight is 240 g/mol. The van der Waals surface area contributed by atoms with Crippen LogP contribution in [0.1, 0.15) is 37.9 Å². The monoisotopic (exact) mass is 240 g/mol. The van der Waals surface area contributed by atoms with Crippen LogP contribution in [0.15, 0.2) is 30.3 Å². The minimum absolute atomic E-state index is 0.637. The normalized spacial score (nSPS) is 11.4. The van der Waals surface area contributed by atoms with Gasteiger partial charge in [-0.1, -0.05) is 49.8 Å². The van der Waals surface area contributed by atoms with Gasteiger partial charge in [0.25, 0.3) is 0 Å². The number of allylic oxidation sites excluding steroid dienone is 1. The number of rotatable bonds is 4. The molecule has 1 heterocycles. The Kier molecular flexibility index (Phi) is 3.98. The quantitative estimate of drug-likeness (QED) is 0.870. The molecule has 2 N–H and O–H groups in total. The third-order valence-corrected chi connectivity index (χ3v) is 3.16. The Morgan fingerprint density at radius 1 is 1.22 bits per heavy atom. The molecule has 0 atom stereocenters. The summed E-state index contributed by atoms with van der Waals surface area (Å²) in [6, 6.07) is 8.38. The minimum Gasteiger partial charge on any atom is -0.383 e. The maximum absolute atomic E-state index is 6.08. The van der Waals surface area contributed by atoms with Crippen molar-refractivity contribution in [3.8, 4) is 0 Å². The zero-order valence-electron chi connectivity index (χ0n) is 11.1. The van der Waals surface area contributed by atoms with Crippen molar-refractivity contribution in [2.45, 2.75) is 33.1 Å². The van der Waals surface area contributed by atoms with Crippen LogP contribution < -0.4 is 5.73 Å². The Hall–Kier alpha value is -1.83. The number of nitrogens with zero attached hydrogens (tertiary/aromatic N) is 1. The van der Waals surface area contributed by atoms with Gasteiger partial charge >= 0.3 is 0 Å². The summed E-state index contributed by atoms with van der Waals surface area (Å²) in [5.41, 5.74) is 8.24. The molecule has 0 aliphatic heterocycles. The van der Waals surface area contributed by atoms with Crippen molar-refractivity contribution in [1.29, 1.82) is 0 Å². The number of nitrogens with two attached hydrogens (primary N) is 1. The Balaban J connectivity index is 2.64. The molecule has 94 valence electrons. The number of hydrogen-bond acceptors (Lipinski definition) is 2. The number of nitrogen functional groups attached to an aromatic ring is 1. The summed E-state index contributed by atoms with van der Waals surface area (Å²) in [5.74, 6) is 0.637. The lowest BCUT2D eigenvalue weighted by atomic mass is 10.0. The van der Waals surface area contributed by atoms with Crippen molar-refractivity contribution in [1.82, 2.24) is 4.98 Å². The molecule has 2 aromatic rings. The number of aryl methyl sites for hydroxylation is 1. The molecule has 2 rings (SSSR count). The highest BCUT2D eigenvalue weighted by Crippen LogP contribution is 2.27. The summed E-state index contributed by atoms with van der Waals surface area (Å²) in [7, 11) is 0. The molecule has 1 aromatic heterocycles. The zero-order valence-corrected chi connectivity index (χ0v) is 11.1. The minimum atomic E-state index is 0.637. The smallest absolute Gasteiger partial charge is 0.131 e. The molecule has 2 heteroatoms. The van der Waals surface area contributed by atoms with E-state index in [0.29, 0.717) is 5.82 Å². The lowest BCUT2D eigenvalue weighted by Crippen LogP contribution is -2.01. The van der Waals surface area contributed by atoms with Gasteiger partial charge in [0.05, 0.1) is 5.69 Å². The van der Waals surface area contributed by atoms with Crippen LogP contribution in [0.5, 0.6) is 0 Å². The number of anilines is 1. The largest absolute Gasteiger partial charge is 0.383 e. The number of benzene rings is 1. The molecule has 1 aromatic carbocycles. The lowest BCUT2D eigenvalue weighted by molar-refractivity contribution is 0.783. The number of aromatic nitrogens is 1. The van der Waals surface area contributed by atoms with Gasteiger partial charge in [0.15, 0.2) is 0 Å². The zero-order chi connectivity index (χ0) is 13.0. The molecule has 0 radical (unpaired) electrons. The van der Waals surface area contributed by atoms with E-state index in [1.54, 1.807) is 0 Å². The molecule has 0 spiro atoms. The molecular formula is C16H20N2. The van der Waals surface area contributed by atoms with Gasteiger partial charge in [0, 0.05) is 10.9 Å². The highest BCUT2D eigenvalue weighted by Gasteiger charge is 2.09. The fourth-order valence-corrected chi connectivity index (χ4v) is 2.25. The predicted molar refractivity (Wildman–Crippen MR) is 79.5 cm³/mol. The van der Waals surface area contributed by atoms with Crippen molar-refractivity contribution in [2.75, 3.05) is 5.73 Å². The standard InChI is InChI=1S/C16H20N2/c1-3-5-11-15-13-10-7-6-9-12(13)14(8-4-2)16(17)18-15/h4,6-10H,3,5,11H2,1-2H3,(H2,17,18)/b8-4+. The van der Waals surface area contributed by atoms with Crippen LogP contribution in [0.2, 0.25) is 0 Å². The second kappa shape index (κ2) is 5.67. The van der Waals surface area contributed by atoms with Gasteiger partial charge < -0.3 is 5.73 Å². The van der Waals surface area contributed by atoms with E-state index >= 15 is 0 Å². The number of hydrogen-bond donors (Lipinski definition) is 1. The highest BCUT2D eigenvalue weighted by molar-refractivity contribution is 5.95. The van der Waals surface area contributed by atoms with Gasteiger partial charge in [-0.2, -0.15) is 0 Å². The Morgan fingerprint density at radius 2 is 1.94 bits per heavy atom. The van der Waals surface area contributed by atoms with E-state index < -0.39 is 0 Å². The first kappa shape index (κ1) is 12.6. The van der Waals surface area contributed by atoms with Crippen LogP contribution in [0.4, 0.5) is 5.82 Å². The van der Waals surface area contributed by atoms with Crippen LogP contribution in [0.3, 0.4) is 0 Å². The lowest BCUT2D eigenvalue weighted by Gasteiger charge is -2.10. The molecule has 2 nitrogen and oxygen atoms in total. The van der Waals surface area contributed by atoms with E-state index in [1.165, 1.54) is 17.2 Å². The summed E-state index contributed by atoms with van der Waals surface area (Å²) in [4.78, 5) is 4.58. The van der Waals surface area contributed by atoms with Crippen molar-refractivity contribution in [3.05, 3.63) is 41.6 Å². The summed E-state index contributed by atoms with van der Waals surface area (Å²) >= 11 is 0. The molecule has 0 saturated heterocycles. The second-order valence-corrected chi connectivity index (χ2v) is 4.51. The van der Waals surface area contributed by atoms with E-state index in [4.69, 9.17) is 5.73 Å². The van der Waals surface area contributed by atoms with E-state index in [9.17, 15) is 0 Å². The predicted octanol–water partition coefficient (Wildman–Crippen LogP) is 4.19. The van der Waals surface area contributed by atoms with E-state index in [1.807, 2.05) is 19.1 Å². The third-order valence-electron chi connectivity index (χ3n) is 3.16. The van der Waals surface area contributed by atoms with Crippen LogP contribution in [0, 0.1) is 0 Å². The van der Waals surface area contributed by atoms with Gasteiger partial charge in [-0.25, -0.2) is 4.98 Å². The SMILES string of the molecule is C/C=C/c1c(N)nc(CCCC)c2ccccc12. The molecule has 0 aliphatic carbocycles. The van der Waals surface area contributed by atoms with Crippen LogP contribution in [-0.2, 0) is 6.42 Å². The Labute approximate surface area is 109 Å². The van der Waals surface area contributed by atoms with Crippen LogP contribution in [0.25, 0.3) is 16.8 Å². The summed E-state index contributed by atoms with van der Waals surface area (Å²) in [6.45, 7) is 4.19. The first-order valence-electron chi connectivity index (χ1n) is 6.57. The van der Waals surface area contributed by atoms with Gasteiger partial charge in [0.2, 0.25) is 0 Å². The molecule has 0 amide bonds. The van der Waals surface area contributed by atoms with Gasteiger partial charge in [-0.3, -0.25) is 0 Å². The van der Waals surface area contributed by atoms with Gasteiger partial charge in [-0.15, -0.1) is 0 Å². The number of unbranched alkanes of at least 4 members (excludes halogenated alkanes) is 1. The van der Waals surface area contributed by atoms with Crippen molar-refractivity contribution < 1.29 is 0 Å². The Bertz CT molecular complexity index is 571. The van der Waals surface area contributed by atoms with Crippen molar-refractivity contribution in [3.63, 3.8) is 0 Å². The number of pyridine rings is 1. The van der Waals surface area contributed by atoms with Crippen LogP contribution in [-0.4, -0.2) is 4.98 Å². The molecule has 0 unspecified atom stereocenters. The Morgan fingerprint density at radius 3 is 2.61 bits per heavy atom. The maximum Gasteiger partial charge on any atom is 0.131 e. The highest BCUT2D eigenvalue weighted by atomic mass is 14.8. The summed E-state index contributed by atoms with van der Waals surface area (Å²) < 4.78 is 0. The summed E-state index contributed by atoms with van der Waals surface area (Å²) in [6.07, 6.45) is 7.36. The topological polar surface area (TPSA) is 38.9 Å². The molecule has 18 heavy (non-hydrogen) atoms. The second-order valence-electron chi connectivity index (χ2n) is 4.51. The first-order chi connectivity index (χ1) is 8.77. The van der Waals surface area contributed by atoms with E-state index in [-0.39, 0.29) is 0 Å². The number of fused-ring (bicyclic) bond motifs is 1. The van der Waals surface area contributed by atoms with Crippen molar-refractivity contribution >= 4 is 22.7 Å². The van der Waals surface area contributed by atoms with Crippen LogP contribution >= 0.6 is 0 Å². The average Bonchev–Trinajstić information content (AvgIpc) is 2.40. The first-order valence-corrected chi connectivity index (χ1v) is 6.57. The van der Waals surface area contributed by atoms with Gasteiger partial charge in [-0.05, 0) is 25.2 Å². The van der Waals surface area contributed by atoms with Gasteiger partial charge in [0.1, 0.15) is 5.82 Å². The maximum atomic E-state index is 6.08. The van der Waals surface area contributed by atoms with Crippen molar-refractivity contribution in [2.24, 2.45) is 0 Å². The van der Waals surface area contributed by atoms with E-state index in [2.05, 4.69) is 36.2 Å². The third kappa shape index (κ3) is 2.37. The fraction of sp³-hybridized carbons (Fsp3) is 0.312. The molecule has 0 fully saturated rings. The van der Waals surface area contributed by atoms with E-state index in [0.717, 1.165) is 24.1 Å². The molecular weight excluding hydrogens is 220 g/mol. The fourth-order valence-electron chi connectivity index (χ4n) is 2.25. The molecule has 0 bridgehead atoms. The molecule has 0 aliphatic rings.